The van der Waals surface area contributed by atoms with Crippen LogP contribution in [-0.2, 0) is 6.54 Å². The first-order valence-corrected chi connectivity index (χ1v) is 6.74. The van der Waals surface area contributed by atoms with Crippen LogP contribution in [0.2, 0.25) is 5.02 Å². The molecule has 5 nitrogen and oxygen atoms in total. The Kier molecular flexibility index (Phi) is 5.57. The van der Waals surface area contributed by atoms with E-state index in [1.807, 2.05) is 13.8 Å². The summed E-state index contributed by atoms with van der Waals surface area (Å²) in [5.74, 6) is 0. The van der Waals surface area contributed by atoms with E-state index in [-0.39, 0.29) is 16.1 Å². The summed E-state index contributed by atoms with van der Waals surface area (Å²) in [4.78, 5) is 11.9. The van der Waals surface area contributed by atoms with Crippen molar-refractivity contribution < 1.29 is 0 Å². The molecule has 19 heavy (non-hydrogen) atoms. The highest BCUT2D eigenvalue weighted by Crippen LogP contribution is 2.18. The van der Waals surface area contributed by atoms with Crippen LogP contribution >= 0.6 is 11.6 Å². The van der Waals surface area contributed by atoms with Crippen molar-refractivity contribution in [1.82, 2.24) is 9.78 Å². The molecule has 0 radical (unpaired) electrons. The molecular weight excluding hydrogens is 264 g/mol. The maximum atomic E-state index is 11.9. The lowest BCUT2D eigenvalue weighted by Gasteiger charge is -2.27. The third-order valence-electron chi connectivity index (χ3n) is 3.33. The summed E-state index contributed by atoms with van der Waals surface area (Å²) in [7, 11) is 0. The van der Waals surface area contributed by atoms with E-state index in [0.29, 0.717) is 18.8 Å². The van der Waals surface area contributed by atoms with E-state index in [0.717, 1.165) is 12.8 Å². The lowest BCUT2D eigenvalue weighted by Crippen LogP contribution is -2.45. The van der Waals surface area contributed by atoms with Crippen molar-refractivity contribution in [3.63, 3.8) is 0 Å². The summed E-state index contributed by atoms with van der Waals surface area (Å²) < 4.78 is 1.26. The van der Waals surface area contributed by atoms with Crippen molar-refractivity contribution in [2.45, 2.75) is 38.8 Å². The standard InChI is InChI=1S/C13H21ClN4O/c1-4-7-18-12(19)11(14)10(8-17-18)16-9-13(15,5-2)6-3/h4,8,16H,1,5-7,9,15H2,2-3H3. The Morgan fingerprint density at radius 1 is 1.58 bits per heavy atom. The topological polar surface area (TPSA) is 72.9 Å². The number of hydrogen-bond acceptors (Lipinski definition) is 4. The average Bonchev–Trinajstić information content (AvgIpc) is 2.43. The van der Waals surface area contributed by atoms with Crippen LogP contribution in [0.15, 0.2) is 23.6 Å². The van der Waals surface area contributed by atoms with Crippen molar-refractivity contribution in [2.24, 2.45) is 5.73 Å². The normalized spacial score (nSPS) is 11.4. The number of allylic oxidation sites excluding steroid dienone is 1. The van der Waals surface area contributed by atoms with Gasteiger partial charge >= 0.3 is 0 Å². The number of halogens is 1. The smallest absolute Gasteiger partial charge is 0.287 e. The van der Waals surface area contributed by atoms with Gasteiger partial charge in [0, 0.05) is 12.1 Å². The van der Waals surface area contributed by atoms with Gasteiger partial charge in [-0.25, -0.2) is 4.68 Å². The largest absolute Gasteiger partial charge is 0.381 e. The van der Waals surface area contributed by atoms with Gasteiger partial charge < -0.3 is 11.1 Å². The predicted molar refractivity (Wildman–Crippen MR) is 79.7 cm³/mol. The minimum absolute atomic E-state index is 0.131. The molecule has 1 aromatic rings. The van der Waals surface area contributed by atoms with Crippen LogP contribution in [0.4, 0.5) is 5.69 Å². The first-order valence-electron chi connectivity index (χ1n) is 6.36. The first kappa shape index (κ1) is 15.7. The Balaban J connectivity index is 2.89. The average molecular weight is 285 g/mol. The van der Waals surface area contributed by atoms with Crippen molar-refractivity contribution in [3.05, 3.63) is 34.2 Å². The van der Waals surface area contributed by atoms with Gasteiger partial charge in [-0.05, 0) is 12.8 Å². The van der Waals surface area contributed by atoms with Gasteiger partial charge in [0.1, 0.15) is 5.02 Å². The Morgan fingerprint density at radius 2 is 2.21 bits per heavy atom. The van der Waals surface area contributed by atoms with Crippen molar-refractivity contribution in [3.8, 4) is 0 Å². The number of hydrogen-bond donors (Lipinski definition) is 2. The molecule has 1 rings (SSSR count). The van der Waals surface area contributed by atoms with Crippen LogP contribution < -0.4 is 16.6 Å². The molecule has 0 atom stereocenters. The third kappa shape index (κ3) is 3.81. The first-order chi connectivity index (χ1) is 8.97. The lowest BCUT2D eigenvalue weighted by molar-refractivity contribution is 0.418. The molecule has 0 aliphatic heterocycles. The van der Waals surface area contributed by atoms with E-state index in [4.69, 9.17) is 17.3 Å². The predicted octanol–water partition coefficient (Wildman–Crippen LogP) is 2.01. The molecule has 1 heterocycles. The SMILES string of the molecule is C=CCn1ncc(NCC(N)(CC)CC)c(Cl)c1=O. The highest BCUT2D eigenvalue weighted by molar-refractivity contribution is 6.32. The zero-order valence-electron chi connectivity index (χ0n) is 11.4. The van der Waals surface area contributed by atoms with Crippen LogP contribution in [-0.4, -0.2) is 21.9 Å². The minimum atomic E-state index is -0.331. The summed E-state index contributed by atoms with van der Waals surface area (Å²) in [5, 5.41) is 7.26. The zero-order valence-corrected chi connectivity index (χ0v) is 12.2. The number of anilines is 1. The van der Waals surface area contributed by atoms with Gasteiger partial charge in [-0.2, -0.15) is 5.10 Å². The van der Waals surface area contributed by atoms with Crippen LogP contribution in [0, 0.1) is 0 Å². The molecule has 1 aromatic heterocycles. The second-order valence-corrected chi connectivity index (χ2v) is 4.95. The van der Waals surface area contributed by atoms with E-state index < -0.39 is 0 Å². The number of nitrogens with one attached hydrogen (secondary N) is 1. The molecule has 106 valence electrons. The molecule has 0 fully saturated rings. The number of rotatable bonds is 7. The molecule has 0 aromatic carbocycles. The number of nitrogens with two attached hydrogens (primary N) is 1. The van der Waals surface area contributed by atoms with E-state index in [1.54, 1.807) is 12.3 Å². The van der Waals surface area contributed by atoms with E-state index in [9.17, 15) is 4.79 Å². The van der Waals surface area contributed by atoms with Gasteiger partial charge in [-0.1, -0.05) is 31.5 Å². The van der Waals surface area contributed by atoms with Crippen molar-refractivity contribution >= 4 is 17.3 Å². The van der Waals surface area contributed by atoms with Gasteiger partial charge in [0.15, 0.2) is 0 Å². The molecule has 0 amide bonds. The summed E-state index contributed by atoms with van der Waals surface area (Å²) in [6.45, 7) is 8.52. The maximum Gasteiger partial charge on any atom is 0.287 e. The minimum Gasteiger partial charge on any atom is -0.381 e. The third-order valence-corrected chi connectivity index (χ3v) is 3.69. The molecule has 0 aliphatic carbocycles. The zero-order chi connectivity index (χ0) is 14.5. The molecule has 0 saturated carbocycles. The molecule has 0 saturated heterocycles. The molecule has 0 unspecified atom stereocenters. The van der Waals surface area contributed by atoms with Gasteiger partial charge in [-0.3, -0.25) is 4.79 Å². The lowest BCUT2D eigenvalue weighted by atomic mass is 9.94. The Hall–Kier alpha value is -1.33. The molecule has 0 aliphatic rings. The van der Waals surface area contributed by atoms with Crippen LogP contribution in [0.3, 0.4) is 0 Å². The monoisotopic (exact) mass is 284 g/mol. The molecular formula is C13H21ClN4O. The van der Waals surface area contributed by atoms with Crippen molar-refractivity contribution in [1.29, 1.82) is 0 Å². The van der Waals surface area contributed by atoms with E-state index in [1.165, 1.54) is 4.68 Å². The van der Waals surface area contributed by atoms with Crippen molar-refractivity contribution in [2.75, 3.05) is 11.9 Å². The molecule has 6 heteroatoms. The Labute approximate surface area is 118 Å². The van der Waals surface area contributed by atoms with Gasteiger partial charge in [0.2, 0.25) is 0 Å². The molecule has 3 N–H and O–H groups in total. The van der Waals surface area contributed by atoms with Gasteiger partial charge in [0.05, 0.1) is 18.4 Å². The quantitative estimate of drug-likeness (QED) is 0.751. The van der Waals surface area contributed by atoms with Gasteiger partial charge in [-0.15, -0.1) is 6.58 Å². The maximum absolute atomic E-state index is 11.9. The number of nitrogens with zero attached hydrogens (tertiary/aromatic N) is 2. The van der Waals surface area contributed by atoms with Crippen LogP contribution in [0.25, 0.3) is 0 Å². The highest BCUT2D eigenvalue weighted by atomic mass is 35.5. The fourth-order valence-corrected chi connectivity index (χ4v) is 1.83. The van der Waals surface area contributed by atoms with Crippen LogP contribution in [0.1, 0.15) is 26.7 Å². The van der Waals surface area contributed by atoms with E-state index >= 15 is 0 Å². The van der Waals surface area contributed by atoms with Gasteiger partial charge in [0.25, 0.3) is 5.56 Å². The second-order valence-electron chi connectivity index (χ2n) is 4.57. The van der Waals surface area contributed by atoms with Crippen LogP contribution in [0.5, 0.6) is 0 Å². The summed E-state index contributed by atoms with van der Waals surface area (Å²) in [6.07, 6.45) is 4.82. The Bertz CT molecular complexity index is 494. The second kappa shape index (κ2) is 6.73. The van der Waals surface area contributed by atoms with E-state index in [2.05, 4.69) is 17.0 Å². The summed E-state index contributed by atoms with van der Waals surface area (Å²) in [6, 6.07) is 0. The molecule has 0 spiro atoms. The fourth-order valence-electron chi connectivity index (χ4n) is 1.61. The molecule has 0 bridgehead atoms. The Morgan fingerprint density at radius 3 is 2.74 bits per heavy atom. The number of aromatic nitrogens is 2. The highest BCUT2D eigenvalue weighted by Gasteiger charge is 2.20. The summed E-state index contributed by atoms with van der Waals surface area (Å²) >= 11 is 6.04. The summed E-state index contributed by atoms with van der Waals surface area (Å²) in [5.41, 5.74) is 6.07. The fraction of sp³-hybridized carbons (Fsp3) is 0.538.